The van der Waals surface area contributed by atoms with Gasteiger partial charge in [-0.05, 0) is 13.8 Å². The van der Waals surface area contributed by atoms with Gasteiger partial charge in [-0.15, -0.1) is 0 Å². The van der Waals surface area contributed by atoms with Crippen LogP contribution in [0.25, 0.3) is 0 Å². The van der Waals surface area contributed by atoms with Crippen LogP contribution >= 0.6 is 0 Å². The summed E-state index contributed by atoms with van der Waals surface area (Å²) in [6.45, 7) is 4.01. The summed E-state index contributed by atoms with van der Waals surface area (Å²) < 4.78 is 26.5. The number of rotatable bonds is 4. The van der Waals surface area contributed by atoms with Crippen molar-refractivity contribution in [1.82, 2.24) is 0 Å². The molecular formula is C15H20O8. The fraction of sp³-hybridized carbons (Fsp3) is 0.733. The van der Waals surface area contributed by atoms with Crippen LogP contribution in [-0.2, 0) is 33.3 Å². The predicted octanol–water partition coefficient (Wildman–Crippen LogP) is 0.0929. The van der Waals surface area contributed by atoms with Crippen molar-refractivity contribution in [1.29, 1.82) is 0 Å². The summed E-state index contributed by atoms with van der Waals surface area (Å²) >= 11 is 0. The maximum absolute atomic E-state index is 12.4. The Morgan fingerprint density at radius 1 is 1.35 bits per heavy atom. The van der Waals surface area contributed by atoms with Crippen LogP contribution in [0.15, 0.2) is 11.8 Å². The molecule has 8 nitrogen and oxygen atoms in total. The summed E-state index contributed by atoms with van der Waals surface area (Å²) in [6.07, 6.45) is -0.0273. The largest absolute Gasteiger partial charge is 0.465 e. The van der Waals surface area contributed by atoms with Gasteiger partial charge in [0, 0.05) is 12.3 Å². The maximum Gasteiger partial charge on any atom is 0.334 e. The molecule has 0 saturated carbocycles. The topological polar surface area (TPSA) is 101 Å². The third kappa shape index (κ3) is 2.82. The highest BCUT2D eigenvalue weighted by atomic mass is 16.8. The Morgan fingerprint density at radius 3 is 2.78 bits per heavy atom. The molecule has 0 amide bonds. The molecule has 8 heteroatoms. The van der Waals surface area contributed by atoms with Crippen LogP contribution < -0.4 is 0 Å². The van der Waals surface area contributed by atoms with Gasteiger partial charge in [-0.1, -0.05) is 0 Å². The number of hydrogen-bond acceptors (Lipinski definition) is 8. The van der Waals surface area contributed by atoms with Gasteiger partial charge in [0.25, 0.3) is 5.79 Å². The van der Waals surface area contributed by atoms with E-state index in [0.717, 1.165) is 6.08 Å². The summed E-state index contributed by atoms with van der Waals surface area (Å²) in [4.78, 5) is 24.1. The van der Waals surface area contributed by atoms with E-state index < -0.39 is 35.9 Å². The van der Waals surface area contributed by atoms with Crippen molar-refractivity contribution in [2.75, 3.05) is 19.8 Å². The zero-order valence-corrected chi connectivity index (χ0v) is 13.0. The Balaban J connectivity index is 1.94. The molecule has 3 aliphatic heterocycles. The zero-order chi connectivity index (χ0) is 16.6. The van der Waals surface area contributed by atoms with Gasteiger partial charge >= 0.3 is 11.9 Å². The van der Waals surface area contributed by atoms with Crippen molar-refractivity contribution in [3.8, 4) is 0 Å². The number of hydrogen-bond donors (Lipinski definition) is 1. The molecule has 0 spiro atoms. The monoisotopic (exact) mass is 328 g/mol. The summed E-state index contributed by atoms with van der Waals surface area (Å²) in [7, 11) is 0. The summed E-state index contributed by atoms with van der Waals surface area (Å²) in [5.41, 5.74) is 0. The average molecular weight is 328 g/mol. The van der Waals surface area contributed by atoms with E-state index in [-0.39, 0.29) is 38.1 Å². The summed E-state index contributed by atoms with van der Waals surface area (Å²) in [6, 6.07) is 0. The molecule has 128 valence electrons. The quantitative estimate of drug-likeness (QED) is 0.572. The van der Waals surface area contributed by atoms with Gasteiger partial charge in [0.15, 0.2) is 0 Å². The van der Waals surface area contributed by atoms with Gasteiger partial charge in [0.1, 0.15) is 11.7 Å². The lowest BCUT2D eigenvalue weighted by Crippen LogP contribution is -2.58. The number of carbonyl (C=O) groups is 2. The minimum Gasteiger partial charge on any atom is -0.465 e. The molecule has 5 atom stereocenters. The molecule has 0 aromatic rings. The van der Waals surface area contributed by atoms with E-state index in [0.29, 0.717) is 0 Å². The molecule has 0 aliphatic carbocycles. The van der Waals surface area contributed by atoms with Crippen molar-refractivity contribution in [3.63, 3.8) is 0 Å². The first-order valence-corrected chi connectivity index (χ1v) is 7.72. The second kappa shape index (κ2) is 6.10. The summed E-state index contributed by atoms with van der Waals surface area (Å²) in [5.74, 6) is -4.10. The van der Waals surface area contributed by atoms with Gasteiger partial charge in [-0.3, -0.25) is 4.79 Å². The molecule has 3 fully saturated rings. The lowest BCUT2D eigenvalue weighted by molar-refractivity contribution is -0.344. The number of carbonyl (C=O) groups excluding carboxylic acids is 2. The third-order valence-electron chi connectivity index (χ3n) is 4.20. The molecule has 23 heavy (non-hydrogen) atoms. The van der Waals surface area contributed by atoms with E-state index in [1.54, 1.807) is 13.8 Å². The Bertz CT molecular complexity index is 530. The lowest BCUT2D eigenvalue weighted by Gasteiger charge is -2.47. The Morgan fingerprint density at radius 2 is 2.09 bits per heavy atom. The fourth-order valence-corrected chi connectivity index (χ4v) is 3.29. The maximum atomic E-state index is 12.4. The Hall–Kier alpha value is -1.64. The molecule has 0 aromatic heterocycles. The van der Waals surface area contributed by atoms with Crippen LogP contribution in [0.1, 0.15) is 20.3 Å². The molecule has 0 aromatic carbocycles. The predicted molar refractivity (Wildman–Crippen MR) is 73.6 cm³/mol. The van der Waals surface area contributed by atoms with Crippen LogP contribution in [0, 0.1) is 11.8 Å². The molecule has 3 rings (SSSR count). The minimum atomic E-state index is -1.72. The first kappa shape index (κ1) is 16.2. The van der Waals surface area contributed by atoms with E-state index >= 15 is 0 Å². The van der Waals surface area contributed by atoms with Gasteiger partial charge in [0.05, 0.1) is 32.0 Å². The minimum absolute atomic E-state index is 0.0319. The van der Waals surface area contributed by atoms with Gasteiger partial charge in [0.2, 0.25) is 6.29 Å². The van der Waals surface area contributed by atoms with Crippen molar-refractivity contribution in [2.45, 2.75) is 38.4 Å². The standard InChI is InChI=1S/C15H20O8/c1-3-19-11(16)5-9-12(13(17)20-4-2)8-6-15(18,23-9)14-21-7-10(8)22-14/h5,8,10,12,14,18H,3-4,6-7H2,1-2H3/b9-5-/t8-,10+,12?,14+,15-/m0/s1. The van der Waals surface area contributed by atoms with Crippen LogP contribution in [0.2, 0.25) is 0 Å². The molecule has 1 N–H and O–H groups in total. The third-order valence-corrected chi connectivity index (χ3v) is 4.20. The van der Waals surface area contributed by atoms with Gasteiger partial charge < -0.3 is 28.8 Å². The molecule has 4 bridgehead atoms. The van der Waals surface area contributed by atoms with Crippen LogP contribution in [0.3, 0.4) is 0 Å². The average Bonchev–Trinajstić information content (AvgIpc) is 2.93. The van der Waals surface area contributed by atoms with Crippen molar-refractivity contribution in [3.05, 3.63) is 11.8 Å². The molecule has 3 saturated heterocycles. The second-order valence-corrected chi connectivity index (χ2v) is 5.68. The molecule has 3 heterocycles. The lowest BCUT2D eigenvalue weighted by atomic mass is 9.77. The number of fused-ring (bicyclic) bond motifs is 6. The first-order chi connectivity index (χ1) is 11.0. The van der Waals surface area contributed by atoms with Gasteiger partial charge in [-0.2, -0.15) is 0 Å². The molecule has 0 radical (unpaired) electrons. The van der Waals surface area contributed by atoms with E-state index in [4.69, 9.17) is 23.7 Å². The van der Waals surface area contributed by atoms with Crippen LogP contribution in [0.5, 0.6) is 0 Å². The van der Waals surface area contributed by atoms with E-state index in [1.165, 1.54) is 0 Å². The first-order valence-electron chi connectivity index (χ1n) is 7.72. The highest BCUT2D eigenvalue weighted by molar-refractivity contribution is 5.85. The normalized spacial score (nSPS) is 39.7. The molecule has 1 unspecified atom stereocenters. The van der Waals surface area contributed by atoms with Crippen molar-refractivity contribution in [2.24, 2.45) is 11.8 Å². The number of aliphatic hydroxyl groups is 1. The SMILES string of the molecule is CCOC(=O)/C=C1\O[C@@]2(O)C[C@H](C1C(=O)OCC)[C@H]1CO[C@@H]2O1. The Kier molecular flexibility index (Phi) is 4.31. The Labute approximate surface area is 133 Å². The fourth-order valence-electron chi connectivity index (χ4n) is 3.29. The summed E-state index contributed by atoms with van der Waals surface area (Å²) in [5, 5.41) is 10.6. The molecule has 3 aliphatic rings. The van der Waals surface area contributed by atoms with Crippen LogP contribution in [-0.4, -0.2) is 55.0 Å². The van der Waals surface area contributed by atoms with Gasteiger partial charge in [-0.25, -0.2) is 4.79 Å². The van der Waals surface area contributed by atoms with E-state index in [2.05, 4.69) is 0 Å². The van der Waals surface area contributed by atoms with Crippen molar-refractivity contribution < 1.29 is 38.4 Å². The smallest absolute Gasteiger partial charge is 0.334 e. The van der Waals surface area contributed by atoms with E-state index in [9.17, 15) is 14.7 Å². The van der Waals surface area contributed by atoms with E-state index in [1.807, 2.05) is 0 Å². The van der Waals surface area contributed by atoms with Crippen molar-refractivity contribution >= 4 is 11.9 Å². The zero-order valence-electron chi connectivity index (χ0n) is 13.0. The highest BCUT2D eigenvalue weighted by Gasteiger charge is 2.62. The second-order valence-electron chi connectivity index (χ2n) is 5.68. The number of esters is 2. The molecular weight excluding hydrogens is 308 g/mol. The number of ether oxygens (including phenoxy) is 5. The highest BCUT2D eigenvalue weighted by Crippen LogP contribution is 2.50. The van der Waals surface area contributed by atoms with Crippen LogP contribution in [0.4, 0.5) is 0 Å².